The van der Waals surface area contributed by atoms with E-state index < -0.39 is 0 Å². The number of fused-ring (bicyclic) bond motifs is 1. The first-order valence-electron chi connectivity index (χ1n) is 8.83. The third kappa shape index (κ3) is 3.80. The first-order chi connectivity index (χ1) is 12.7. The predicted molar refractivity (Wildman–Crippen MR) is 112 cm³/mol. The van der Waals surface area contributed by atoms with E-state index in [1.54, 1.807) is 13.2 Å². The number of pyridine rings is 2. The highest BCUT2D eigenvalue weighted by Crippen LogP contribution is 2.30. The zero-order valence-electron chi connectivity index (χ0n) is 16.2. The van der Waals surface area contributed by atoms with E-state index in [1.165, 1.54) is 0 Å². The molecular formula is C22H26N4. The molecular weight excluding hydrogens is 320 g/mol. The number of aromatic nitrogens is 3. The lowest BCUT2D eigenvalue weighted by Crippen LogP contribution is -2.01. The molecule has 3 aromatic rings. The fourth-order valence-electron chi connectivity index (χ4n) is 2.88. The molecule has 0 spiro atoms. The molecule has 0 saturated carbocycles. The second-order valence-corrected chi connectivity index (χ2v) is 5.54. The quantitative estimate of drug-likeness (QED) is 0.607. The molecule has 4 nitrogen and oxygen atoms in total. The summed E-state index contributed by atoms with van der Waals surface area (Å²) in [5, 5.41) is 4.24. The van der Waals surface area contributed by atoms with Gasteiger partial charge in [-0.1, -0.05) is 26.5 Å². The average molecular weight is 346 g/mol. The SMILES string of the molecule is C=C(c1ccn2nccc2c1)c1c(/C(C=NC)=C/C)ccnc1C.CC. The van der Waals surface area contributed by atoms with E-state index in [4.69, 9.17) is 0 Å². The Labute approximate surface area is 155 Å². The van der Waals surface area contributed by atoms with Crippen molar-refractivity contribution < 1.29 is 0 Å². The van der Waals surface area contributed by atoms with Gasteiger partial charge in [-0.25, -0.2) is 4.52 Å². The molecule has 0 bridgehead atoms. The summed E-state index contributed by atoms with van der Waals surface area (Å²) in [4.78, 5) is 8.63. The monoisotopic (exact) mass is 346 g/mol. The van der Waals surface area contributed by atoms with Gasteiger partial charge in [0.25, 0.3) is 0 Å². The summed E-state index contributed by atoms with van der Waals surface area (Å²) in [5.74, 6) is 0. The summed E-state index contributed by atoms with van der Waals surface area (Å²) in [6.45, 7) is 12.4. The Morgan fingerprint density at radius 1 is 1.19 bits per heavy atom. The minimum Gasteiger partial charge on any atom is -0.296 e. The number of nitrogens with zero attached hydrogens (tertiary/aromatic N) is 4. The molecule has 0 atom stereocenters. The molecule has 0 aliphatic rings. The molecule has 0 N–H and O–H groups in total. The van der Waals surface area contributed by atoms with Crippen LogP contribution in [-0.4, -0.2) is 27.9 Å². The van der Waals surface area contributed by atoms with E-state index in [9.17, 15) is 0 Å². The Morgan fingerprint density at radius 2 is 1.96 bits per heavy atom. The molecule has 0 aliphatic heterocycles. The van der Waals surface area contributed by atoms with Gasteiger partial charge in [-0.05, 0) is 60.4 Å². The van der Waals surface area contributed by atoms with Crippen molar-refractivity contribution in [3.63, 3.8) is 0 Å². The number of hydrogen-bond donors (Lipinski definition) is 0. The number of aryl methyl sites for hydroxylation is 1. The second kappa shape index (κ2) is 8.90. The Hall–Kier alpha value is -3.01. The van der Waals surface area contributed by atoms with E-state index in [2.05, 4.69) is 33.8 Å². The van der Waals surface area contributed by atoms with Crippen LogP contribution in [0.25, 0.3) is 16.7 Å². The van der Waals surface area contributed by atoms with E-state index in [-0.39, 0.29) is 0 Å². The summed E-state index contributed by atoms with van der Waals surface area (Å²) in [6.07, 6.45) is 9.49. The summed E-state index contributed by atoms with van der Waals surface area (Å²) in [6, 6.07) is 8.12. The Bertz CT molecular complexity index is 961. The van der Waals surface area contributed by atoms with Crippen LogP contribution in [0.1, 0.15) is 43.2 Å². The van der Waals surface area contributed by atoms with Gasteiger partial charge in [-0.3, -0.25) is 9.98 Å². The van der Waals surface area contributed by atoms with Crippen LogP contribution in [0.4, 0.5) is 0 Å². The van der Waals surface area contributed by atoms with E-state index >= 15 is 0 Å². The average Bonchev–Trinajstić information content (AvgIpc) is 3.15. The minimum absolute atomic E-state index is 0.947. The Balaban J connectivity index is 0.00000117. The molecule has 0 radical (unpaired) electrons. The maximum Gasteiger partial charge on any atom is 0.0667 e. The molecule has 0 aromatic carbocycles. The standard InChI is InChI=1S/C20H20N4.C2H6/c1-5-16(13-21-4)19-7-9-22-15(3)20(19)14(2)17-8-11-24-18(12-17)6-10-23-24;1-2/h5-13H,2H2,1,3-4H3;1-2H3/b16-5+,21-13?;. The zero-order valence-corrected chi connectivity index (χ0v) is 16.2. The van der Waals surface area contributed by atoms with Crippen molar-refractivity contribution >= 4 is 22.9 Å². The van der Waals surface area contributed by atoms with Crippen LogP contribution in [0.2, 0.25) is 0 Å². The van der Waals surface area contributed by atoms with Gasteiger partial charge in [0.1, 0.15) is 0 Å². The van der Waals surface area contributed by atoms with Gasteiger partial charge >= 0.3 is 0 Å². The highest BCUT2D eigenvalue weighted by Gasteiger charge is 2.14. The van der Waals surface area contributed by atoms with Crippen LogP contribution in [0.5, 0.6) is 0 Å². The normalized spacial score (nSPS) is 11.5. The van der Waals surface area contributed by atoms with Gasteiger partial charge in [0.05, 0.1) is 5.52 Å². The van der Waals surface area contributed by atoms with Crippen LogP contribution < -0.4 is 0 Å². The van der Waals surface area contributed by atoms with Crippen molar-refractivity contribution in [2.24, 2.45) is 4.99 Å². The van der Waals surface area contributed by atoms with Gasteiger partial charge in [-0.15, -0.1) is 0 Å². The maximum absolute atomic E-state index is 4.47. The zero-order chi connectivity index (χ0) is 19.1. The van der Waals surface area contributed by atoms with Gasteiger partial charge in [0, 0.05) is 43.1 Å². The summed E-state index contributed by atoms with van der Waals surface area (Å²) in [5.41, 5.74) is 7.20. The van der Waals surface area contributed by atoms with Gasteiger partial charge in [-0.2, -0.15) is 5.10 Å². The largest absolute Gasteiger partial charge is 0.296 e. The number of allylic oxidation sites excluding steroid dienone is 2. The molecule has 0 amide bonds. The van der Waals surface area contributed by atoms with E-state index in [1.807, 2.05) is 69.0 Å². The van der Waals surface area contributed by atoms with Crippen LogP contribution in [0.3, 0.4) is 0 Å². The molecule has 4 heteroatoms. The fraction of sp³-hybridized carbons (Fsp3) is 0.227. The topological polar surface area (TPSA) is 42.5 Å². The van der Waals surface area contributed by atoms with Crippen molar-refractivity contribution in [3.8, 4) is 0 Å². The van der Waals surface area contributed by atoms with E-state index in [0.29, 0.717) is 0 Å². The summed E-state index contributed by atoms with van der Waals surface area (Å²) < 4.78 is 1.84. The third-order valence-electron chi connectivity index (χ3n) is 4.08. The molecule has 0 aliphatic carbocycles. The Kier molecular flexibility index (Phi) is 6.61. The number of aliphatic imine (C=N–C) groups is 1. The first kappa shape index (κ1) is 19.3. The molecule has 0 saturated heterocycles. The Morgan fingerprint density at radius 3 is 2.65 bits per heavy atom. The number of rotatable bonds is 4. The maximum atomic E-state index is 4.47. The lowest BCUT2D eigenvalue weighted by molar-refractivity contribution is 0.960. The molecule has 26 heavy (non-hydrogen) atoms. The van der Waals surface area contributed by atoms with Gasteiger partial charge in [0.15, 0.2) is 0 Å². The van der Waals surface area contributed by atoms with E-state index in [0.717, 1.165) is 39.0 Å². The lowest BCUT2D eigenvalue weighted by atomic mass is 9.91. The lowest BCUT2D eigenvalue weighted by Gasteiger charge is -2.15. The first-order valence-corrected chi connectivity index (χ1v) is 8.83. The second-order valence-electron chi connectivity index (χ2n) is 5.54. The van der Waals surface area contributed by atoms with Crippen LogP contribution in [-0.2, 0) is 0 Å². The summed E-state index contributed by atoms with van der Waals surface area (Å²) >= 11 is 0. The van der Waals surface area contributed by atoms with Crippen LogP contribution >= 0.6 is 0 Å². The van der Waals surface area contributed by atoms with Crippen LogP contribution in [0.15, 0.2) is 60.5 Å². The van der Waals surface area contributed by atoms with Crippen molar-refractivity contribution in [1.29, 1.82) is 0 Å². The smallest absolute Gasteiger partial charge is 0.0667 e. The molecule has 0 fully saturated rings. The highest BCUT2D eigenvalue weighted by atomic mass is 15.2. The van der Waals surface area contributed by atoms with Gasteiger partial charge in [0.2, 0.25) is 0 Å². The number of hydrogen-bond acceptors (Lipinski definition) is 3. The fourth-order valence-corrected chi connectivity index (χ4v) is 2.88. The van der Waals surface area contributed by atoms with Crippen molar-refractivity contribution in [2.75, 3.05) is 7.05 Å². The minimum atomic E-state index is 0.947. The van der Waals surface area contributed by atoms with Crippen molar-refractivity contribution in [2.45, 2.75) is 27.7 Å². The molecule has 3 rings (SSSR count). The highest BCUT2D eigenvalue weighted by molar-refractivity contribution is 6.11. The van der Waals surface area contributed by atoms with Crippen molar-refractivity contribution in [3.05, 3.63) is 77.9 Å². The predicted octanol–water partition coefficient (Wildman–Crippen LogP) is 5.23. The van der Waals surface area contributed by atoms with Crippen LogP contribution in [0, 0.1) is 6.92 Å². The third-order valence-corrected chi connectivity index (χ3v) is 4.08. The summed E-state index contributed by atoms with van der Waals surface area (Å²) in [7, 11) is 1.78. The van der Waals surface area contributed by atoms with Gasteiger partial charge < -0.3 is 0 Å². The molecule has 134 valence electrons. The molecule has 0 unspecified atom stereocenters. The molecule has 3 aromatic heterocycles. The van der Waals surface area contributed by atoms with Crippen molar-refractivity contribution in [1.82, 2.24) is 14.6 Å². The molecule has 3 heterocycles.